The smallest absolute Gasteiger partial charge is 0.0235 e. The van der Waals surface area contributed by atoms with E-state index in [1.165, 1.54) is 19.3 Å². The SMILES string of the molecule is C.C.CCC.c1ccc2c(c1)CC2. The van der Waals surface area contributed by atoms with Gasteiger partial charge in [-0.15, -0.1) is 0 Å². The highest BCUT2D eigenvalue weighted by Crippen LogP contribution is 2.20. The molecular weight excluding hydrogens is 156 g/mol. The van der Waals surface area contributed by atoms with Gasteiger partial charge in [0.05, 0.1) is 0 Å². The molecule has 0 atom stereocenters. The van der Waals surface area contributed by atoms with Gasteiger partial charge in [0.2, 0.25) is 0 Å². The summed E-state index contributed by atoms with van der Waals surface area (Å²) < 4.78 is 0. The standard InChI is InChI=1S/C8H8.C3H8.2CH4/c1-2-4-8-6-5-7(8)3-1;1-3-2;;/h1-4H,5-6H2;3H2,1-2H3;2*1H4. The summed E-state index contributed by atoms with van der Waals surface area (Å²) in [5.41, 5.74) is 3.10. The molecule has 2 rings (SSSR count). The molecule has 0 radical (unpaired) electrons. The molecule has 0 heteroatoms. The van der Waals surface area contributed by atoms with Gasteiger partial charge in [-0.2, -0.15) is 0 Å². The maximum absolute atomic E-state index is 2.21. The lowest BCUT2D eigenvalue weighted by molar-refractivity contribution is 0.839. The minimum Gasteiger partial charge on any atom is -0.0776 e. The van der Waals surface area contributed by atoms with Crippen LogP contribution in [0, 0.1) is 0 Å². The summed E-state index contributed by atoms with van der Waals surface area (Å²) in [5, 5.41) is 0. The zero-order chi connectivity index (χ0) is 8.10. The second kappa shape index (κ2) is 7.85. The molecule has 0 N–H and O–H groups in total. The number of fused-ring (bicyclic) bond motifs is 1. The first-order valence-electron chi connectivity index (χ1n) is 4.45. The Labute approximate surface area is 84.0 Å². The van der Waals surface area contributed by atoms with Gasteiger partial charge < -0.3 is 0 Å². The third-order valence-electron chi connectivity index (χ3n) is 1.78. The summed E-state index contributed by atoms with van der Waals surface area (Å²) in [7, 11) is 0. The Bertz CT molecular complexity index is 190. The molecule has 1 aliphatic rings. The Balaban J connectivity index is 0. The van der Waals surface area contributed by atoms with E-state index >= 15 is 0 Å². The molecule has 0 spiro atoms. The summed E-state index contributed by atoms with van der Waals surface area (Å²) in [5.74, 6) is 0. The molecule has 0 saturated heterocycles. The molecule has 0 nitrogen and oxygen atoms in total. The predicted molar refractivity (Wildman–Crippen MR) is 63.3 cm³/mol. The van der Waals surface area contributed by atoms with Gasteiger partial charge in [0.15, 0.2) is 0 Å². The van der Waals surface area contributed by atoms with Crippen molar-refractivity contribution < 1.29 is 0 Å². The molecule has 0 amide bonds. The normalized spacial score (nSPS) is 10.3. The average molecular weight is 180 g/mol. The predicted octanol–water partition coefficient (Wildman–Crippen LogP) is 4.47. The molecular formula is C13H24. The highest BCUT2D eigenvalue weighted by Gasteiger charge is 2.09. The van der Waals surface area contributed by atoms with Crippen molar-refractivity contribution in [2.75, 3.05) is 0 Å². The van der Waals surface area contributed by atoms with Crippen molar-refractivity contribution in [2.24, 2.45) is 0 Å². The van der Waals surface area contributed by atoms with Crippen LogP contribution < -0.4 is 0 Å². The summed E-state index contributed by atoms with van der Waals surface area (Å²) in [6.45, 7) is 4.25. The minimum atomic E-state index is 0. The fraction of sp³-hybridized carbons (Fsp3) is 0.538. The third-order valence-corrected chi connectivity index (χ3v) is 1.78. The van der Waals surface area contributed by atoms with Crippen LogP contribution in [0.2, 0.25) is 0 Å². The zero-order valence-corrected chi connectivity index (χ0v) is 7.43. The van der Waals surface area contributed by atoms with Crippen LogP contribution in [-0.2, 0) is 12.8 Å². The monoisotopic (exact) mass is 180 g/mol. The largest absolute Gasteiger partial charge is 0.0776 e. The molecule has 0 saturated carbocycles. The van der Waals surface area contributed by atoms with Crippen molar-refractivity contribution in [3.05, 3.63) is 35.4 Å². The Kier molecular flexibility index (Phi) is 8.89. The summed E-state index contributed by atoms with van der Waals surface area (Å²) in [6.07, 6.45) is 3.85. The first-order chi connectivity index (χ1) is 5.38. The van der Waals surface area contributed by atoms with Gasteiger partial charge in [0.1, 0.15) is 0 Å². The van der Waals surface area contributed by atoms with Gasteiger partial charge >= 0.3 is 0 Å². The van der Waals surface area contributed by atoms with Crippen LogP contribution in [0.25, 0.3) is 0 Å². The van der Waals surface area contributed by atoms with E-state index in [1.54, 1.807) is 11.1 Å². The molecule has 0 fully saturated rings. The van der Waals surface area contributed by atoms with Crippen LogP contribution in [0.4, 0.5) is 0 Å². The van der Waals surface area contributed by atoms with Gasteiger partial charge in [0.25, 0.3) is 0 Å². The number of aryl methyl sites for hydroxylation is 2. The number of benzene rings is 1. The highest BCUT2D eigenvalue weighted by atomic mass is 14.1. The second-order valence-corrected chi connectivity index (χ2v) is 2.98. The maximum atomic E-state index is 2.21. The Hall–Kier alpha value is -0.780. The van der Waals surface area contributed by atoms with Crippen LogP contribution in [0.1, 0.15) is 46.2 Å². The van der Waals surface area contributed by atoms with E-state index in [0.29, 0.717) is 0 Å². The zero-order valence-electron chi connectivity index (χ0n) is 7.43. The maximum Gasteiger partial charge on any atom is -0.0235 e. The second-order valence-electron chi connectivity index (χ2n) is 2.98. The third kappa shape index (κ3) is 4.12. The van der Waals surface area contributed by atoms with E-state index in [1.807, 2.05) is 0 Å². The number of hydrogen-bond acceptors (Lipinski definition) is 0. The highest BCUT2D eigenvalue weighted by molar-refractivity contribution is 5.34. The van der Waals surface area contributed by atoms with E-state index < -0.39 is 0 Å². The van der Waals surface area contributed by atoms with E-state index in [0.717, 1.165) is 0 Å². The van der Waals surface area contributed by atoms with E-state index in [4.69, 9.17) is 0 Å². The Morgan fingerprint density at radius 2 is 1.23 bits per heavy atom. The summed E-state index contributed by atoms with van der Waals surface area (Å²) >= 11 is 0. The lowest BCUT2D eigenvalue weighted by atomic mass is 9.89. The summed E-state index contributed by atoms with van der Waals surface area (Å²) in [6, 6.07) is 8.63. The number of hydrogen-bond donors (Lipinski definition) is 0. The van der Waals surface area contributed by atoms with Crippen LogP contribution in [-0.4, -0.2) is 0 Å². The molecule has 76 valence electrons. The topological polar surface area (TPSA) is 0 Å². The van der Waals surface area contributed by atoms with E-state index in [2.05, 4.69) is 38.1 Å². The van der Waals surface area contributed by atoms with Crippen molar-refractivity contribution in [2.45, 2.75) is 48.0 Å². The molecule has 0 bridgehead atoms. The van der Waals surface area contributed by atoms with Crippen molar-refractivity contribution in [3.63, 3.8) is 0 Å². The molecule has 1 aliphatic carbocycles. The van der Waals surface area contributed by atoms with Crippen molar-refractivity contribution in [1.82, 2.24) is 0 Å². The van der Waals surface area contributed by atoms with Crippen LogP contribution >= 0.6 is 0 Å². The Morgan fingerprint density at radius 1 is 0.923 bits per heavy atom. The molecule has 0 aromatic heterocycles. The van der Waals surface area contributed by atoms with E-state index in [-0.39, 0.29) is 14.9 Å². The van der Waals surface area contributed by atoms with Crippen LogP contribution in [0.15, 0.2) is 24.3 Å². The van der Waals surface area contributed by atoms with Crippen molar-refractivity contribution >= 4 is 0 Å². The minimum absolute atomic E-state index is 0. The molecule has 13 heavy (non-hydrogen) atoms. The number of rotatable bonds is 0. The van der Waals surface area contributed by atoms with Gasteiger partial charge in [0, 0.05) is 0 Å². The van der Waals surface area contributed by atoms with Crippen molar-refractivity contribution in [1.29, 1.82) is 0 Å². The Morgan fingerprint density at radius 3 is 1.38 bits per heavy atom. The van der Waals surface area contributed by atoms with Gasteiger partial charge in [-0.3, -0.25) is 0 Å². The molecule has 0 unspecified atom stereocenters. The first kappa shape index (κ1) is 14.7. The van der Waals surface area contributed by atoms with Crippen LogP contribution in [0.5, 0.6) is 0 Å². The lowest BCUT2D eigenvalue weighted by Crippen LogP contribution is -2.06. The van der Waals surface area contributed by atoms with E-state index in [9.17, 15) is 0 Å². The van der Waals surface area contributed by atoms with Gasteiger partial charge in [-0.1, -0.05) is 59.4 Å². The van der Waals surface area contributed by atoms with Gasteiger partial charge in [-0.25, -0.2) is 0 Å². The van der Waals surface area contributed by atoms with Crippen LogP contribution in [0.3, 0.4) is 0 Å². The molecule has 0 aliphatic heterocycles. The van der Waals surface area contributed by atoms with Crippen molar-refractivity contribution in [3.8, 4) is 0 Å². The fourth-order valence-corrected chi connectivity index (χ4v) is 1.14. The summed E-state index contributed by atoms with van der Waals surface area (Å²) in [4.78, 5) is 0. The lowest BCUT2D eigenvalue weighted by Gasteiger charge is -2.16. The van der Waals surface area contributed by atoms with Gasteiger partial charge in [-0.05, 0) is 24.0 Å². The average Bonchev–Trinajstić information content (AvgIpc) is 1.94. The molecule has 1 aromatic carbocycles. The molecule has 0 heterocycles. The quantitative estimate of drug-likeness (QED) is 0.552. The molecule has 1 aromatic rings. The first-order valence-corrected chi connectivity index (χ1v) is 4.45. The fourth-order valence-electron chi connectivity index (χ4n) is 1.14.